The molecule has 1 heterocycles. The molecular weight excluding hydrogens is 414 g/mol. The van der Waals surface area contributed by atoms with Gasteiger partial charge in [0, 0.05) is 19.3 Å². The summed E-state index contributed by atoms with van der Waals surface area (Å²) in [5.41, 5.74) is 1.76. The van der Waals surface area contributed by atoms with Crippen LogP contribution >= 0.6 is 0 Å². The standard InChI is InChI=1S/C23H27N3O4S/c1-29-21-10-6-18(7-11-21)15-25(16-19-8-12-22(30-2)13-9-19)31(27,28)23-14-24-26(17-23)20-4-3-5-20/h6-14,17,20H,3-5,15-16H2,1-2H3. The minimum atomic E-state index is -3.74. The van der Waals surface area contributed by atoms with Gasteiger partial charge in [0.05, 0.1) is 26.5 Å². The van der Waals surface area contributed by atoms with E-state index in [0.717, 1.165) is 41.9 Å². The average Bonchev–Trinajstić information content (AvgIpc) is 3.23. The second-order valence-electron chi connectivity index (χ2n) is 7.71. The van der Waals surface area contributed by atoms with E-state index in [1.807, 2.05) is 48.5 Å². The molecule has 0 unspecified atom stereocenters. The molecule has 164 valence electrons. The van der Waals surface area contributed by atoms with Crippen LogP contribution in [-0.2, 0) is 23.1 Å². The number of hydrogen-bond donors (Lipinski definition) is 0. The molecule has 0 saturated heterocycles. The van der Waals surface area contributed by atoms with Crippen LogP contribution in [0.25, 0.3) is 0 Å². The summed E-state index contributed by atoms with van der Waals surface area (Å²) in [7, 11) is -0.525. The molecule has 3 aromatic rings. The summed E-state index contributed by atoms with van der Waals surface area (Å²) in [5, 5.41) is 4.32. The fourth-order valence-corrected chi connectivity index (χ4v) is 4.91. The van der Waals surface area contributed by atoms with Crippen LogP contribution in [0.15, 0.2) is 65.8 Å². The second-order valence-corrected chi connectivity index (χ2v) is 9.65. The van der Waals surface area contributed by atoms with Crippen LogP contribution in [0.2, 0.25) is 0 Å². The summed E-state index contributed by atoms with van der Waals surface area (Å²) in [6.07, 6.45) is 6.37. The molecule has 8 heteroatoms. The molecule has 0 atom stereocenters. The van der Waals surface area contributed by atoms with E-state index in [2.05, 4.69) is 5.10 Å². The number of hydrogen-bond acceptors (Lipinski definition) is 5. The highest BCUT2D eigenvalue weighted by Crippen LogP contribution is 2.32. The molecule has 31 heavy (non-hydrogen) atoms. The van der Waals surface area contributed by atoms with E-state index < -0.39 is 10.0 Å². The fraction of sp³-hybridized carbons (Fsp3) is 0.348. The van der Waals surface area contributed by atoms with Gasteiger partial charge in [-0.05, 0) is 54.7 Å². The highest BCUT2D eigenvalue weighted by molar-refractivity contribution is 7.89. The van der Waals surface area contributed by atoms with E-state index in [4.69, 9.17) is 9.47 Å². The fourth-order valence-electron chi connectivity index (χ4n) is 3.55. The van der Waals surface area contributed by atoms with Crippen molar-refractivity contribution in [1.82, 2.24) is 14.1 Å². The predicted octanol–water partition coefficient (Wildman–Crippen LogP) is 4.02. The Morgan fingerprint density at radius 1 is 0.935 bits per heavy atom. The van der Waals surface area contributed by atoms with Gasteiger partial charge in [-0.3, -0.25) is 4.68 Å². The Hall–Kier alpha value is -2.84. The Bertz CT molecular complexity index is 1050. The third-order valence-electron chi connectivity index (χ3n) is 5.70. The Labute approximate surface area is 183 Å². The lowest BCUT2D eigenvalue weighted by Gasteiger charge is -2.25. The number of nitrogens with zero attached hydrogens (tertiary/aromatic N) is 3. The van der Waals surface area contributed by atoms with Gasteiger partial charge in [0.25, 0.3) is 0 Å². The summed E-state index contributed by atoms with van der Waals surface area (Å²) in [6.45, 7) is 0.486. The zero-order valence-corrected chi connectivity index (χ0v) is 18.6. The van der Waals surface area contributed by atoms with E-state index in [1.165, 1.54) is 10.5 Å². The van der Waals surface area contributed by atoms with Crippen molar-refractivity contribution in [2.75, 3.05) is 14.2 Å². The van der Waals surface area contributed by atoms with E-state index in [-0.39, 0.29) is 18.0 Å². The quantitative estimate of drug-likeness (QED) is 0.502. The summed E-state index contributed by atoms with van der Waals surface area (Å²) >= 11 is 0. The van der Waals surface area contributed by atoms with Crippen molar-refractivity contribution in [2.45, 2.75) is 43.3 Å². The molecule has 1 aliphatic rings. The minimum absolute atomic E-state index is 0.224. The average molecular weight is 442 g/mol. The van der Waals surface area contributed by atoms with Gasteiger partial charge in [-0.1, -0.05) is 24.3 Å². The first-order valence-corrected chi connectivity index (χ1v) is 11.7. The molecule has 0 bridgehead atoms. The Morgan fingerprint density at radius 2 is 1.45 bits per heavy atom. The maximum atomic E-state index is 13.6. The van der Waals surface area contributed by atoms with Crippen molar-refractivity contribution < 1.29 is 17.9 Å². The van der Waals surface area contributed by atoms with Gasteiger partial charge in [-0.2, -0.15) is 9.40 Å². The monoisotopic (exact) mass is 441 g/mol. The highest BCUT2D eigenvalue weighted by Gasteiger charge is 2.28. The molecule has 1 fully saturated rings. The largest absolute Gasteiger partial charge is 0.497 e. The number of benzene rings is 2. The first-order chi connectivity index (χ1) is 15.0. The molecule has 1 aromatic heterocycles. The van der Waals surface area contributed by atoms with E-state index in [1.54, 1.807) is 25.1 Å². The normalized spacial score (nSPS) is 14.4. The molecule has 1 aliphatic carbocycles. The van der Waals surface area contributed by atoms with Crippen LogP contribution in [0, 0.1) is 0 Å². The summed E-state index contributed by atoms with van der Waals surface area (Å²) in [5.74, 6) is 1.46. The van der Waals surface area contributed by atoms with E-state index in [9.17, 15) is 8.42 Å². The molecule has 0 spiro atoms. The topological polar surface area (TPSA) is 73.7 Å². The third kappa shape index (κ3) is 4.75. The van der Waals surface area contributed by atoms with Crippen molar-refractivity contribution in [3.8, 4) is 11.5 Å². The second kappa shape index (κ2) is 9.11. The zero-order chi connectivity index (χ0) is 21.8. The minimum Gasteiger partial charge on any atom is -0.497 e. The van der Waals surface area contributed by atoms with Crippen molar-refractivity contribution in [3.05, 3.63) is 72.1 Å². The zero-order valence-electron chi connectivity index (χ0n) is 17.8. The van der Waals surface area contributed by atoms with E-state index in [0.29, 0.717) is 6.04 Å². The van der Waals surface area contributed by atoms with Crippen molar-refractivity contribution in [3.63, 3.8) is 0 Å². The Morgan fingerprint density at radius 3 is 1.87 bits per heavy atom. The van der Waals surface area contributed by atoms with Gasteiger partial charge in [-0.25, -0.2) is 8.42 Å². The summed E-state index contributed by atoms with van der Waals surface area (Å²) in [6, 6.07) is 15.2. The van der Waals surface area contributed by atoms with Crippen molar-refractivity contribution in [2.24, 2.45) is 0 Å². The molecule has 1 saturated carbocycles. The Kier molecular flexibility index (Phi) is 6.29. The maximum absolute atomic E-state index is 13.6. The number of sulfonamides is 1. The van der Waals surface area contributed by atoms with Crippen LogP contribution < -0.4 is 9.47 Å². The maximum Gasteiger partial charge on any atom is 0.246 e. The van der Waals surface area contributed by atoms with Gasteiger partial charge >= 0.3 is 0 Å². The third-order valence-corrected chi connectivity index (χ3v) is 7.44. The van der Waals surface area contributed by atoms with Gasteiger partial charge in [0.15, 0.2) is 0 Å². The van der Waals surface area contributed by atoms with Crippen LogP contribution in [-0.4, -0.2) is 36.7 Å². The number of methoxy groups -OCH3 is 2. The number of ether oxygens (including phenoxy) is 2. The molecule has 0 aliphatic heterocycles. The lowest BCUT2D eigenvalue weighted by atomic mass is 9.93. The van der Waals surface area contributed by atoms with Gasteiger partial charge in [0.1, 0.15) is 16.4 Å². The lowest BCUT2D eigenvalue weighted by Crippen LogP contribution is -2.30. The molecule has 0 amide bonds. The lowest BCUT2D eigenvalue weighted by molar-refractivity contribution is 0.289. The van der Waals surface area contributed by atoms with Crippen LogP contribution in [0.5, 0.6) is 11.5 Å². The molecule has 7 nitrogen and oxygen atoms in total. The van der Waals surface area contributed by atoms with E-state index >= 15 is 0 Å². The van der Waals surface area contributed by atoms with Crippen molar-refractivity contribution in [1.29, 1.82) is 0 Å². The SMILES string of the molecule is COc1ccc(CN(Cc2ccc(OC)cc2)S(=O)(=O)c2cnn(C3CCC3)c2)cc1. The van der Waals surface area contributed by atoms with Crippen LogP contribution in [0.1, 0.15) is 36.4 Å². The molecule has 2 aromatic carbocycles. The predicted molar refractivity (Wildman–Crippen MR) is 118 cm³/mol. The van der Waals surface area contributed by atoms with Crippen molar-refractivity contribution >= 4 is 10.0 Å². The smallest absolute Gasteiger partial charge is 0.246 e. The van der Waals surface area contributed by atoms with Gasteiger partial charge in [-0.15, -0.1) is 0 Å². The Balaban J connectivity index is 1.62. The van der Waals surface area contributed by atoms with Gasteiger partial charge < -0.3 is 9.47 Å². The molecular formula is C23H27N3O4S. The molecule has 0 radical (unpaired) electrons. The highest BCUT2D eigenvalue weighted by atomic mass is 32.2. The molecule has 4 rings (SSSR count). The summed E-state index contributed by atoms with van der Waals surface area (Å²) < 4.78 is 40.8. The summed E-state index contributed by atoms with van der Waals surface area (Å²) in [4.78, 5) is 0.224. The number of rotatable bonds is 9. The van der Waals surface area contributed by atoms with Gasteiger partial charge in [0.2, 0.25) is 10.0 Å². The number of aromatic nitrogens is 2. The first-order valence-electron chi connectivity index (χ1n) is 10.3. The first kappa shape index (κ1) is 21.4. The van der Waals surface area contributed by atoms with Crippen LogP contribution in [0.4, 0.5) is 0 Å². The molecule has 0 N–H and O–H groups in total. The van der Waals surface area contributed by atoms with Crippen LogP contribution in [0.3, 0.4) is 0 Å².